The number of hydrogen-bond acceptors (Lipinski definition) is 2. The summed E-state index contributed by atoms with van der Waals surface area (Å²) in [5.74, 6) is 0.0754. The minimum absolute atomic E-state index is 0.0754. The van der Waals surface area contributed by atoms with Crippen molar-refractivity contribution in [2.75, 3.05) is 13.1 Å². The molecule has 0 saturated heterocycles. The Bertz CT molecular complexity index is 423. The maximum atomic E-state index is 12.4. The van der Waals surface area contributed by atoms with Crippen molar-refractivity contribution < 1.29 is 4.79 Å². The van der Waals surface area contributed by atoms with E-state index in [1.54, 1.807) is 24.3 Å². The van der Waals surface area contributed by atoms with E-state index in [0.717, 1.165) is 38.8 Å². The van der Waals surface area contributed by atoms with E-state index in [0.29, 0.717) is 11.1 Å². The Labute approximate surface area is 115 Å². The second-order valence-corrected chi connectivity index (χ2v) is 4.69. The van der Waals surface area contributed by atoms with Crippen LogP contribution in [0.25, 0.3) is 0 Å². The fourth-order valence-corrected chi connectivity index (χ4v) is 1.88. The molecule has 0 aliphatic carbocycles. The average Bonchev–Trinajstić information content (AvgIpc) is 2.47. The third kappa shape index (κ3) is 4.75. The van der Waals surface area contributed by atoms with E-state index in [2.05, 4.69) is 19.9 Å². The quantitative estimate of drug-likeness (QED) is 0.750. The number of hydrogen-bond donors (Lipinski definition) is 0. The molecule has 0 aliphatic heterocycles. The lowest BCUT2D eigenvalue weighted by molar-refractivity contribution is 0.0751. The Morgan fingerprint density at radius 2 is 1.63 bits per heavy atom. The molecule has 0 N–H and O–H groups in total. The number of amides is 1. The summed E-state index contributed by atoms with van der Waals surface area (Å²) in [4.78, 5) is 14.3. The van der Waals surface area contributed by atoms with Crippen molar-refractivity contribution in [2.45, 2.75) is 39.5 Å². The van der Waals surface area contributed by atoms with Crippen LogP contribution in [-0.2, 0) is 0 Å². The van der Waals surface area contributed by atoms with Crippen molar-refractivity contribution in [3.05, 3.63) is 35.4 Å². The zero-order valence-corrected chi connectivity index (χ0v) is 11.9. The van der Waals surface area contributed by atoms with E-state index >= 15 is 0 Å². The largest absolute Gasteiger partial charge is 0.339 e. The van der Waals surface area contributed by atoms with Gasteiger partial charge in [0.25, 0.3) is 5.91 Å². The molecular weight excluding hydrogens is 236 g/mol. The van der Waals surface area contributed by atoms with Gasteiger partial charge < -0.3 is 4.90 Å². The summed E-state index contributed by atoms with van der Waals surface area (Å²) in [6.07, 6.45) is 4.24. The molecule has 1 amide bonds. The number of carbonyl (C=O) groups excluding carboxylic acids is 1. The van der Waals surface area contributed by atoms with Gasteiger partial charge in [-0.2, -0.15) is 5.26 Å². The normalized spacial score (nSPS) is 9.95. The first-order valence-electron chi connectivity index (χ1n) is 7.02. The lowest BCUT2D eigenvalue weighted by atomic mass is 10.1. The molecule has 0 bridgehead atoms. The van der Waals surface area contributed by atoms with Gasteiger partial charge >= 0.3 is 0 Å². The minimum Gasteiger partial charge on any atom is -0.339 e. The van der Waals surface area contributed by atoms with Gasteiger partial charge in [-0.3, -0.25) is 4.79 Å². The van der Waals surface area contributed by atoms with E-state index in [1.165, 1.54) is 0 Å². The predicted molar refractivity (Wildman–Crippen MR) is 76.9 cm³/mol. The zero-order chi connectivity index (χ0) is 14.1. The lowest BCUT2D eigenvalue weighted by Crippen LogP contribution is -2.32. The van der Waals surface area contributed by atoms with Crippen LogP contribution in [0, 0.1) is 11.3 Å². The summed E-state index contributed by atoms with van der Waals surface area (Å²) in [6, 6.07) is 8.95. The monoisotopic (exact) mass is 258 g/mol. The highest BCUT2D eigenvalue weighted by Gasteiger charge is 2.14. The SMILES string of the molecule is CCCCN(CCCC)C(=O)c1ccc(C#N)cc1. The molecule has 0 saturated carbocycles. The summed E-state index contributed by atoms with van der Waals surface area (Å²) in [7, 11) is 0. The van der Waals surface area contributed by atoms with Crippen LogP contribution in [0.1, 0.15) is 55.5 Å². The van der Waals surface area contributed by atoms with Gasteiger partial charge in [-0.15, -0.1) is 0 Å². The molecule has 3 nitrogen and oxygen atoms in total. The molecule has 1 aromatic carbocycles. The second-order valence-electron chi connectivity index (χ2n) is 4.69. The van der Waals surface area contributed by atoms with Crippen LogP contribution in [-0.4, -0.2) is 23.9 Å². The first kappa shape index (κ1) is 15.2. The zero-order valence-electron chi connectivity index (χ0n) is 11.9. The van der Waals surface area contributed by atoms with E-state index in [1.807, 2.05) is 4.90 Å². The Morgan fingerprint density at radius 3 is 2.05 bits per heavy atom. The molecule has 0 aromatic heterocycles. The van der Waals surface area contributed by atoms with Crippen molar-refractivity contribution in [1.29, 1.82) is 5.26 Å². The molecule has 0 radical (unpaired) electrons. The Kier molecular flexibility index (Phi) is 6.67. The van der Waals surface area contributed by atoms with Gasteiger partial charge in [0.1, 0.15) is 0 Å². The number of nitrogens with zero attached hydrogens (tertiary/aromatic N) is 2. The van der Waals surface area contributed by atoms with Crippen molar-refractivity contribution in [2.24, 2.45) is 0 Å². The molecule has 3 heteroatoms. The Balaban J connectivity index is 2.75. The number of carbonyl (C=O) groups is 1. The molecule has 0 heterocycles. The van der Waals surface area contributed by atoms with Crippen LogP contribution < -0.4 is 0 Å². The van der Waals surface area contributed by atoms with Crippen LogP contribution in [0.2, 0.25) is 0 Å². The predicted octanol–water partition coefficient (Wildman–Crippen LogP) is 3.60. The third-order valence-corrected chi connectivity index (χ3v) is 3.11. The van der Waals surface area contributed by atoms with Gasteiger partial charge in [0.2, 0.25) is 0 Å². The topological polar surface area (TPSA) is 44.1 Å². The van der Waals surface area contributed by atoms with Crippen molar-refractivity contribution in [1.82, 2.24) is 4.90 Å². The Morgan fingerprint density at radius 1 is 1.11 bits per heavy atom. The van der Waals surface area contributed by atoms with Crippen molar-refractivity contribution in [3.63, 3.8) is 0 Å². The van der Waals surface area contributed by atoms with E-state index in [9.17, 15) is 4.79 Å². The summed E-state index contributed by atoms with van der Waals surface area (Å²) >= 11 is 0. The molecule has 19 heavy (non-hydrogen) atoms. The van der Waals surface area contributed by atoms with E-state index < -0.39 is 0 Å². The standard InChI is InChI=1S/C16H22N2O/c1-3-5-11-18(12-6-4-2)16(19)15-9-7-14(13-17)8-10-15/h7-10H,3-6,11-12H2,1-2H3. The lowest BCUT2D eigenvalue weighted by Gasteiger charge is -2.22. The highest BCUT2D eigenvalue weighted by molar-refractivity contribution is 5.94. The summed E-state index contributed by atoms with van der Waals surface area (Å²) in [6.45, 7) is 5.89. The van der Waals surface area contributed by atoms with Gasteiger partial charge in [0, 0.05) is 18.7 Å². The van der Waals surface area contributed by atoms with E-state index in [4.69, 9.17) is 5.26 Å². The van der Waals surface area contributed by atoms with Gasteiger partial charge in [0.15, 0.2) is 0 Å². The minimum atomic E-state index is 0.0754. The molecule has 0 unspecified atom stereocenters. The van der Waals surface area contributed by atoms with Gasteiger partial charge in [-0.1, -0.05) is 26.7 Å². The molecule has 0 atom stereocenters. The van der Waals surface area contributed by atoms with Crippen LogP contribution in [0.3, 0.4) is 0 Å². The van der Waals surface area contributed by atoms with Gasteiger partial charge in [0.05, 0.1) is 11.6 Å². The molecule has 102 valence electrons. The van der Waals surface area contributed by atoms with Crippen LogP contribution in [0.5, 0.6) is 0 Å². The van der Waals surface area contributed by atoms with Crippen LogP contribution >= 0.6 is 0 Å². The van der Waals surface area contributed by atoms with E-state index in [-0.39, 0.29) is 5.91 Å². The number of rotatable bonds is 7. The van der Waals surface area contributed by atoms with Crippen molar-refractivity contribution in [3.8, 4) is 6.07 Å². The molecule has 0 fully saturated rings. The molecule has 0 spiro atoms. The smallest absolute Gasteiger partial charge is 0.253 e. The number of nitriles is 1. The highest BCUT2D eigenvalue weighted by atomic mass is 16.2. The van der Waals surface area contributed by atoms with Crippen LogP contribution in [0.15, 0.2) is 24.3 Å². The Hall–Kier alpha value is -1.82. The summed E-state index contributed by atoms with van der Waals surface area (Å²) in [5, 5.41) is 8.76. The van der Waals surface area contributed by atoms with Gasteiger partial charge in [-0.05, 0) is 37.1 Å². The molecule has 1 rings (SSSR count). The number of unbranched alkanes of at least 4 members (excludes halogenated alkanes) is 2. The summed E-state index contributed by atoms with van der Waals surface area (Å²) < 4.78 is 0. The first-order valence-corrected chi connectivity index (χ1v) is 7.02. The maximum absolute atomic E-state index is 12.4. The summed E-state index contributed by atoms with van der Waals surface area (Å²) in [5.41, 5.74) is 1.26. The first-order chi connectivity index (χ1) is 9.22. The fourth-order valence-electron chi connectivity index (χ4n) is 1.88. The third-order valence-electron chi connectivity index (χ3n) is 3.11. The molecule has 0 aliphatic rings. The maximum Gasteiger partial charge on any atom is 0.253 e. The fraction of sp³-hybridized carbons (Fsp3) is 0.500. The van der Waals surface area contributed by atoms with Gasteiger partial charge in [-0.25, -0.2) is 0 Å². The average molecular weight is 258 g/mol. The molecular formula is C16H22N2O. The highest BCUT2D eigenvalue weighted by Crippen LogP contribution is 2.09. The van der Waals surface area contributed by atoms with Crippen LogP contribution in [0.4, 0.5) is 0 Å². The van der Waals surface area contributed by atoms with Crippen molar-refractivity contribution >= 4 is 5.91 Å². The second kappa shape index (κ2) is 8.31. The number of benzene rings is 1. The molecule has 1 aromatic rings.